The SMILES string of the molecule is C=C[C@@]1(OC)CC[C@@H]2OC21. The van der Waals surface area contributed by atoms with E-state index in [1.807, 2.05) is 6.08 Å². The second-order valence-electron chi connectivity index (χ2n) is 3.00. The van der Waals surface area contributed by atoms with Gasteiger partial charge in [0, 0.05) is 7.11 Å². The molecule has 2 heteroatoms. The van der Waals surface area contributed by atoms with E-state index in [9.17, 15) is 0 Å². The summed E-state index contributed by atoms with van der Waals surface area (Å²) in [5.41, 5.74) is -0.148. The van der Waals surface area contributed by atoms with Crippen molar-refractivity contribution in [1.29, 1.82) is 0 Å². The van der Waals surface area contributed by atoms with Crippen LogP contribution in [0.15, 0.2) is 12.7 Å². The van der Waals surface area contributed by atoms with Gasteiger partial charge in [0.05, 0.1) is 6.10 Å². The van der Waals surface area contributed by atoms with Crippen LogP contribution in [-0.2, 0) is 9.47 Å². The Bertz CT molecular complexity index is 167. The molecule has 3 atom stereocenters. The Labute approximate surface area is 60.8 Å². The predicted octanol–water partition coefficient (Wildman–Crippen LogP) is 1.12. The van der Waals surface area contributed by atoms with Crippen molar-refractivity contribution in [3.8, 4) is 0 Å². The Kier molecular flexibility index (Phi) is 1.17. The van der Waals surface area contributed by atoms with Crippen LogP contribution >= 0.6 is 0 Å². The van der Waals surface area contributed by atoms with Gasteiger partial charge in [-0.25, -0.2) is 0 Å². The van der Waals surface area contributed by atoms with E-state index in [2.05, 4.69) is 6.58 Å². The third-order valence-corrected chi connectivity index (χ3v) is 2.61. The highest BCUT2D eigenvalue weighted by Crippen LogP contribution is 2.48. The summed E-state index contributed by atoms with van der Waals surface area (Å²) in [4.78, 5) is 0. The third-order valence-electron chi connectivity index (χ3n) is 2.61. The Balaban J connectivity index is 2.18. The van der Waals surface area contributed by atoms with E-state index in [0.29, 0.717) is 12.2 Å². The molecular formula is C8H12O2. The van der Waals surface area contributed by atoms with Crippen LogP contribution < -0.4 is 0 Å². The van der Waals surface area contributed by atoms with Gasteiger partial charge in [0.25, 0.3) is 0 Å². The predicted molar refractivity (Wildman–Crippen MR) is 37.8 cm³/mol. The second kappa shape index (κ2) is 1.83. The van der Waals surface area contributed by atoms with Crippen molar-refractivity contribution in [1.82, 2.24) is 0 Å². The van der Waals surface area contributed by atoms with Crippen molar-refractivity contribution in [2.75, 3.05) is 7.11 Å². The smallest absolute Gasteiger partial charge is 0.117 e. The number of epoxide rings is 1. The highest BCUT2D eigenvalue weighted by molar-refractivity contribution is 5.17. The number of ether oxygens (including phenoxy) is 2. The van der Waals surface area contributed by atoms with Gasteiger partial charge in [0.2, 0.25) is 0 Å². The average molecular weight is 140 g/mol. The van der Waals surface area contributed by atoms with Crippen molar-refractivity contribution in [2.45, 2.75) is 30.7 Å². The van der Waals surface area contributed by atoms with Crippen LogP contribution in [0.3, 0.4) is 0 Å². The Morgan fingerprint density at radius 3 is 2.80 bits per heavy atom. The van der Waals surface area contributed by atoms with Gasteiger partial charge in [-0.05, 0) is 12.8 Å². The van der Waals surface area contributed by atoms with Gasteiger partial charge in [-0.1, -0.05) is 6.08 Å². The standard InChI is InChI=1S/C8H12O2/c1-3-8(9-2)5-4-6-7(8)10-6/h3,6-7H,1,4-5H2,2H3/t6-,7?,8+/m0/s1. The van der Waals surface area contributed by atoms with Crippen molar-refractivity contribution in [3.63, 3.8) is 0 Å². The summed E-state index contributed by atoms with van der Waals surface area (Å²) >= 11 is 0. The fourth-order valence-corrected chi connectivity index (χ4v) is 1.82. The summed E-state index contributed by atoms with van der Waals surface area (Å²) in [7, 11) is 1.73. The van der Waals surface area contributed by atoms with Crippen LogP contribution in [0.2, 0.25) is 0 Å². The zero-order valence-electron chi connectivity index (χ0n) is 6.17. The molecule has 2 rings (SSSR count). The largest absolute Gasteiger partial charge is 0.371 e. The van der Waals surface area contributed by atoms with Gasteiger partial charge in [-0.15, -0.1) is 6.58 Å². The molecule has 1 unspecified atom stereocenters. The number of rotatable bonds is 2. The van der Waals surface area contributed by atoms with Gasteiger partial charge in [-0.2, -0.15) is 0 Å². The lowest BCUT2D eigenvalue weighted by Crippen LogP contribution is -2.31. The number of methoxy groups -OCH3 is 1. The van der Waals surface area contributed by atoms with Crippen LogP contribution in [0.4, 0.5) is 0 Å². The molecule has 0 radical (unpaired) electrons. The Hall–Kier alpha value is -0.340. The molecule has 1 heterocycles. The zero-order valence-corrected chi connectivity index (χ0v) is 6.17. The van der Waals surface area contributed by atoms with Crippen LogP contribution in [-0.4, -0.2) is 24.9 Å². The monoisotopic (exact) mass is 140 g/mol. The van der Waals surface area contributed by atoms with E-state index in [0.717, 1.165) is 12.8 Å². The molecule has 2 fully saturated rings. The summed E-state index contributed by atoms with van der Waals surface area (Å²) < 4.78 is 10.7. The van der Waals surface area contributed by atoms with Crippen molar-refractivity contribution >= 4 is 0 Å². The molecule has 2 nitrogen and oxygen atoms in total. The van der Waals surface area contributed by atoms with E-state index < -0.39 is 0 Å². The molecule has 56 valence electrons. The van der Waals surface area contributed by atoms with Crippen LogP contribution in [0.1, 0.15) is 12.8 Å². The molecule has 0 bridgehead atoms. The zero-order chi connectivity index (χ0) is 7.19. The molecule has 1 saturated heterocycles. The summed E-state index contributed by atoms with van der Waals surface area (Å²) in [6.07, 6.45) is 4.87. The molecule has 1 aliphatic heterocycles. The highest BCUT2D eigenvalue weighted by Gasteiger charge is 2.59. The van der Waals surface area contributed by atoms with Crippen molar-refractivity contribution in [3.05, 3.63) is 12.7 Å². The first-order valence-corrected chi connectivity index (χ1v) is 3.66. The summed E-state index contributed by atoms with van der Waals surface area (Å²) in [6, 6.07) is 0. The minimum absolute atomic E-state index is 0.148. The Morgan fingerprint density at radius 2 is 2.60 bits per heavy atom. The maximum Gasteiger partial charge on any atom is 0.117 e. The maximum absolute atomic E-state index is 5.36. The van der Waals surface area contributed by atoms with Gasteiger partial charge in [0.1, 0.15) is 11.7 Å². The first-order valence-electron chi connectivity index (χ1n) is 3.66. The normalized spacial score (nSPS) is 50.5. The summed E-state index contributed by atoms with van der Waals surface area (Å²) in [5, 5.41) is 0. The molecule has 0 spiro atoms. The number of hydrogen-bond acceptors (Lipinski definition) is 2. The molecule has 0 aromatic heterocycles. The minimum atomic E-state index is -0.148. The molecule has 0 aromatic rings. The minimum Gasteiger partial charge on any atom is -0.371 e. The lowest BCUT2D eigenvalue weighted by Gasteiger charge is -2.23. The van der Waals surface area contributed by atoms with Gasteiger partial charge in [0.15, 0.2) is 0 Å². The first-order chi connectivity index (χ1) is 4.82. The highest BCUT2D eigenvalue weighted by atomic mass is 16.6. The van der Waals surface area contributed by atoms with E-state index in [-0.39, 0.29) is 5.60 Å². The van der Waals surface area contributed by atoms with E-state index >= 15 is 0 Å². The molecule has 1 saturated carbocycles. The van der Waals surface area contributed by atoms with Crippen molar-refractivity contribution < 1.29 is 9.47 Å². The van der Waals surface area contributed by atoms with Gasteiger partial charge < -0.3 is 9.47 Å². The Morgan fingerprint density at radius 1 is 1.80 bits per heavy atom. The fourth-order valence-electron chi connectivity index (χ4n) is 1.82. The lowest BCUT2D eigenvalue weighted by atomic mass is 10.0. The molecule has 2 aliphatic rings. The quantitative estimate of drug-likeness (QED) is 0.423. The molecule has 0 aromatic carbocycles. The average Bonchev–Trinajstić information content (AvgIpc) is 2.68. The van der Waals surface area contributed by atoms with Gasteiger partial charge >= 0.3 is 0 Å². The van der Waals surface area contributed by atoms with E-state index in [1.165, 1.54) is 0 Å². The van der Waals surface area contributed by atoms with Crippen LogP contribution in [0.25, 0.3) is 0 Å². The topological polar surface area (TPSA) is 21.8 Å². The molecule has 1 aliphatic carbocycles. The molecule has 0 amide bonds. The van der Waals surface area contributed by atoms with Gasteiger partial charge in [-0.3, -0.25) is 0 Å². The lowest BCUT2D eigenvalue weighted by molar-refractivity contribution is 0.00196. The first kappa shape index (κ1) is 6.38. The molecular weight excluding hydrogens is 128 g/mol. The summed E-state index contributed by atoms with van der Waals surface area (Å²) in [5.74, 6) is 0. The van der Waals surface area contributed by atoms with E-state index in [1.54, 1.807) is 7.11 Å². The summed E-state index contributed by atoms with van der Waals surface area (Å²) in [6.45, 7) is 3.76. The van der Waals surface area contributed by atoms with Crippen molar-refractivity contribution in [2.24, 2.45) is 0 Å². The van der Waals surface area contributed by atoms with Crippen LogP contribution in [0, 0.1) is 0 Å². The number of fused-ring (bicyclic) bond motifs is 1. The van der Waals surface area contributed by atoms with Crippen LogP contribution in [0.5, 0.6) is 0 Å². The fraction of sp³-hybridized carbons (Fsp3) is 0.750. The van der Waals surface area contributed by atoms with E-state index in [4.69, 9.17) is 9.47 Å². The maximum atomic E-state index is 5.36. The molecule has 0 N–H and O–H groups in total. The third kappa shape index (κ3) is 0.607. The molecule has 10 heavy (non-hydrogen) atoms. The number of hydrogen-bond donors (Lipinski definition) is 0. The second-order valence-corrected chi connectivity index (χ2v) is 3.00.